The molecule has 31 heavy (non-hydrogen) atoms. The van der Waals surface area contributed by atoms with Crippen molar-refractivity contribution in [3.05, 3.63) is 89.7 Å². The topological polar surface area (TPSA) is 81.1 Å². The van der Waals surface area contributed by atoms with Crippen molar-refractivity contribution in [3.8, 4) is 5.69 Å². The number of hydrogen-bond acceptors (Lipinski definition) is 4. The van der Waals surface area contributed by atoms with Crippen LogP contribution in [-0.4, -0.2) is 24.0 Å². The van der Waals surface area contributed by atoms with Gasteiger partial charge in [-0.1, -0.05) is 48.5 Å². The summed E-state index contributed by atoms with van der Waals surface area (Å²) in [4.78, 5) is 11.5. The van der Waals surface area contributed by atoms with Crippen LogP contribution < -0.4 is 4.72 Å². The van der Waals surface area contributed by atoms with Crippen LogP contribution in [0.25, 0.3) is 16.5 Å². The summed E-state index contributed by atoms with van der Waals surface area (Å²) in [5.41, 5.74) is 3.06. The molecule has 0 spiro atoms. The third kappa shape index (κ3) is 4.02. The number of carbonyl (C=O) groups is 1. The number of carbonyl (C=O) groups excluding carboxylic acids is 1. The maximum Gasteiger partial charge on any atom is 0.241 e. The van der Waals surface area contributed by atoms with E-state index in [1.54, 1.807) is 13.1 Å². The maximum absolute atomic E-state index is 12.8. The van der Waals surface area contributed by atoms with Gasteiger partial charge in [-0.15, -0.1) is 0 Å². The summed E-state index contributed by atoms with van der Waals surface area (Å²) in [5.74, 6) is -0.109. The smallest absolute Gasteiger partial charge is 0.241 e. The Balaban J connectivity index is 1.63. The van der Waals surface area contributed by atoms with Gasteiger partial charge in [0.1, 0.15) is 0 Å². The van der Waals surface area contributed by atoms with E-state index < -0.39 is 16.1 Å². The molecule has 1 aromatic heterocycles. The molecule has 4 rings (SSSR count). The molecule has 0 amide bonds. The SMILES string of the molecule is CC(=O)c1ccc(S(=O)(=O)N[C@H](C)c2cnn(-c3cccc4ccccc34)c2C)cc1. The molecule has 0 fully saturated rings. The molecule has 0 unspecified atom stereocenters. The number of nitrogens with one attached hydrogen (secondary N) is 1. The van der Waals surface area contributed by atoms with Crippen LogP contribution in [0.3, 0.4) is 0 Å². The number of sulfonamides is 1. The number of hydrogen-bond donors (Lipinski definition) is 1. The molecule has 3 aromatic carbocycles. The minimum Gasteiger partial charge on any atom is -0.295 e. The number of Topliss-reactive ketones (excluding diaryl/α,β-unsaturated/α-hetero) is 1. The van der Waals surface area contributed by atoms with Crippen LogP contribution in [0, 0.1) is 6.92 Å². The standard InChI is InChI=1S/C24H23N3O3S/c1-16(26-31(29,30)21-13-11-19(12-14-21)18(3)28)23-15-25-27(17(23)2)24-10-6-8-20-7-4-5-9-22(20)24/h4-16,26H,1-3H3/t16-/m1/s1. The van der Waals surface area contributed by atoms with Gasteiger partial charge in [0.05, 0.1) is 16.8 Å². The summed E-state index contributed by atoms with van der Waals surface area (Å²) >= 11 is 0. The number of rotatable bonds is 6. The van der Waals surface area contributed by atoms with Gasteiger partial charge in [0.2, 0.25) is 10.0 Å². The summed E-state index contributed by atoms with van der Waals surface area (Å²) in [6.45, 7) is 5.16. The Bertz CT molecular complexity index is 1370. The quantitative estimate of drug-likeness (QED) is 0.452. The molecule has 0 aliphatic rings. The lowest BCUT2D eigenvalue weighted by Gasteiger charge is -2.15. The lowest BCUT2D eigenvalue weighted by molar-refractivity contribution is 0.101. The first-order valence-corrected chi connectivity index (χ1v) is 11.4. The average molecular weight is 434 g/mol. The summed E-state index contributed by atoms with van der Waals surface area (Å²) in [6, 6.07) is 19.5. The van der Waals surface area contributed by atoms with Crippen molar-refractivity contribution < 1.29 is 13.2 Å². The average Bonchev–Trinajstić information content (AvgIpc) is 3.14. The molecule has 1 atom stereocenters. The van der Waals surface area contributed by atoms with E-state index in [-0.39, 0.29) is 10.7 Å². The fourth-order valence-electron chi connectivity index (χ4n) is 3.72. The van der Waals surface area contributed by atoms with E-state index in [2.05, 4.69) is 9.82 Å². The van der Waals surface area contributed by atoms with Crippen LogP contribution >= 0.6 is 0 Å². The summed E-state index contributed by atoms with van der Waals surface area (Å²) in [6.07, 6.45) is 1.70. The van der Waals surface area contributed by atoms with E-state index in [1.165, 1.54) is 31.2 Å². The first-order valence-electron chi connectivity index (χ1n) is 9.94. The van der Waals surface area contributed by atoms with Gasteiger partial charge in [-0.25, -0.2) is 17.8 Å². The van der Waals surface area contributed by atoms with E-state index >= 15 is 0 Å². The molecule has 1 heterocycles. The normalized spacial score (nSPS) is 12.7. The zero-order valence-corrected chi connectivity index (χ0v) is 18.3. The third-order valence-electron chi connectivity index (χ3n) is 5.41. The van der Waals surface area contributed by atoms with Crippen LogP contribution in [0.5, 0.6) is 0 Å². The van der Waals surface area contributed by atoms with Crippen LogP contribution in [0.15, 0.2) is 77.8 Å². The highest BCUT2D eigenvalue weighted by Crippen LogP contribution is 2.26. The molecule has 7 heteroatoms. The molecule has 158 valence electrons. The molecule has 0 radical (unpaired) electrons. The number of fused-ring (bicyclic) bond motifs is 1. The number of ketones is 1. The number of benzene rings is 3. The molecule has 0 bridgehead atoms. The zero-order valence-electron chi connectivity index (χ0n) is 17.5. The van der Waals surface area contributed by atoms with Gasteiger partial charge in [0.25, 0.3) is 0 Å². The van der Waals surface area contributed by atoms with Gasteiger partial charge in [-0.3, -0.25) is 4.79 Å². The predicted molar refractivity (Wildman–Crippen MR) is 121 cm³/mol. The number of aromatic nitrogens is 2. The van der Waals surface area contributed by atoms with Gasteiger partial charge < -0.3 is 0 Å². The Labute approximate surface area is 181 Å². The molecule has 6 nitrogen and oxygen atoms in total. The van der Waals surface area contributed by atoms with Crippen molar-refractivity contribution in [2.24, 2.45) is 0 Å². The van der Waals surface area contributed by atoms with Gasteiger partial charge in [0, 0.05) is 28.2 Å². The highest BCUT2D eigenvalue weighted by Gasteiger charge is 2.22. The van der Waals surface area contributed by atoms with Crippen LogP contribution in [0.2, 0.25) is 0 Å². The molecule has 4 aromatic rings. The third-order valence-corrected chi connectivity index (χ3v) is 6.97. The molecule has 0 saturated carbocycles. The highest BCUT2D eigenvalue weighted by molar-refractivity contribution is 7.89. The van der Waals surface area contributed by atoms with E-state index in [1.807, 2.05) is 54.1 Å². The monoisotopic (exact) mass is 433 g/mol. The second kappa shape index (κ2) is 8.09. The van der Waals surface area contributed by atoms with Crippen LogP contribution in [-0.2, 0) is 10.0 Å². The minimum absolute atomic E-state index is 0.109. The highest BCUT2D eigenvalue weighted by atomic mass is 32.2. The van der Waals surface area contributed by atoms with Crippen molar-refractivity contribution in [1.82, 2.24) is 14.5 Å². The summed E-state index contributed by atoms with van der Waals surface area (Å²) in [5, 5.41) is 6.72. The van der Waals surface area contributed by atoms with Crippen LogP contribution in [0.1, 0.15) is 41.5 Å². The van der Waals surface area contributed by atoms with Gasteiger partial charge in [-0.05, 0) is 44.4 Å². The Kier molecular flexibility index (Phi) is 5.47. The molecule has 1 N–H and O–H groups in total. The Hall–Kier alpha value is -3.29. The lowest BCUT2D eigenvalue weighted by Crippen LogP contribution is -2.27. The second-order valence-electron chi connectivity index (χ2n) is 7.52. The lowest BCUT2D eigenvalue weighted by atomic mass is 10.1. The van der Waals surface area contributed by atoms with Gasteiger partial charge >= 0.3 is 0 Å². The fourth-order valence-corrected chi connectivity index (χ4v) is 4.94. The van der Waals surface area contributed by atoms with Gasteiger partial charge in [0.15, 0.2) is 5.78 Å². The predicted octanol–water partition coefficient (Wildman–Crippen LogP) is 4.58. The molecule has 0 saturated heterocycles. The van der Waals surface area contributed by atoms with E-state index in [9.17, 15) is 13.2 Å². The van der Waals surface area contributed by atoms with Crippen molar-refractivity contribution in [3.63, 3.8) is 0 Å². The minimum atomic E-state index is -3.76. The van der Waals surface area contributed by atoms with E-state index in [4.69, 9.17) is 0 Å². The Morgan fingerprint density at radius 2 is 1.68 bits per heavy atom. The van der Waals surface area contributed by atoms with E-state index in [0.717, 1.165) is 27.7 Å². The first kappa shape index (κ1) is 21.0. The zero-order chi connectivity index (χ0) is 22.2. The first-order chi connectivity index (χ1) is 14.8. The van der Waals surface area contributed by atoms with Crippen molar-refractivity contribution >= 4 is 26.6 Å². The summed E-state index contributed by atoms with van der Waals surface area (Å²) in [7, 11) is -3.76. The maximum atomic E-state index is 12.8. The second-order valence-corrected chi connectivity index (χ2v) is 9.23. The molecular weight excluding hydrogens is 410 g/mol. The fraction of sp³-hybridized carbons (Fsp3) is 0.167. The molecule has 0 aliphatic carbocycles. The Morgan fingerprint density at radius 1 is 1.00 bits per heavy atom. The largest absolute Gasteiger partial charge is 0.295 e. The van der Waals surface area contributed by atoms with Crippen LogP contribution in [0.4, 0.5) is 0 Å². The van der Waals surface area contributed by atoms with Crippen molar-refractivity contribution in [2.45, 2.75) is 31.7 Å². The van der Waals surface area contributed by atoms with Gasteiger partial charge in [-0.2, -0.15) is 5.10 Å². The van der Waals surface area contributed by atoms with E-state index in [0.29, 0.717) is 5.56 Å². The van der Waals surface area contributed by atoms with Crippen molar-refractivity contribution in [2.75, 3.05) is 0 Å². The molecular formula is C24H23N3O3S. The summed E-state index contributed by atoms with van der Waals surface area (Å²) < 4.78 is 30.2. The number of nitrogens with zero attached hydrogens (tertiary/aromatic N) is 2. The molecule has 0 aliphatic heterocycles. The van der Waals surface area contributed by atoms with Crippen molar-refractivity contribution in [1.29, 1.82) is 0 Å². The Morgan fingerprint density at radius 3 is 2.39 bits per heavy atom.